The van der Waals surface area contributed by atoms with E-state index in [0.29, 0.717) is 59.4 Å². The molecule has 1 aliphatic heterocycles. The van der Waals surface area contributed by atoms with Gasteiger partial charge in [0.25, 0.3) is 11.8 Å². The van der Waals surface area contributed by atoms with Gasteiger partial charge in [0.1, 0.15) is 18.4 Å². The predicted octanol–water partition coefficient (Wildman–Crippen LogP) is 2.92. The molecular formula is C25H34N2O5. The first-order valence-electron chi connectivity index (χ1n) is 10.4. The SMILES string of the molecule is C=CCOCC(O)C[N+](C)(C)CCCN1C(=O)c2cccc3c(OC)ccc(c23)C1=O.[CH3-]. The van der Waals surface area contributed by atoms with Crippen LogP contribution in [-0.2, 0) is 4.74 Å². The number of quaternary nitrogens is 1. The Morgan fingerprint density at radius 2 is 1.84 bits per heavy atom. The zero-order chi connectivity index (χ0) is 22.6. The van der Waals surface area contributed by atoms with Crippen molar-refractivity contribution < 1.29 is 28.7 Å². The predicted molar refractivity (Wildman–Crippen MR) is 126 cm³/mol. The lowest BCUT2D eigenvalue weighted by Crippen LogP contribution is -2.48. The third-order valence-corrected chi connectivity index (χ3v) is 5.57. The van der Waals surface area contributed by atoms with Crippen LogP contribution in [0.15, 0.2) is 43.0 Å². The monoisotopic (exact) mass is 442 g/mol. The van der Waals surface area contributed by atoms with Gasteiger partial charge in [0, 0.05) is 34.9 Å². The Morgan fingerprint density at radius 1 is 1.16 bits per heavy atom. The molecule has 0 radical (unpaired) electrons. The third kappa shape index (κ3) is 5.35. The van der Waals surface area contributed by atoms with E-state index >= 15 is 0 Å². The maximum absolute atomic E-state index is 13.1. The van der Waals surface area contributed by atoms with Crippen molar-refractivity contribution in [1.82, 2.24) is 4.90 Å². The van der Waals surface area contributed by atoms with Gasteiger partial charge in [0.2, 0.25) is 0 Å². The molecule has 0 aliphatic carbocycles. The van der Waals surface area contributed by atoms with Gasteiger partial charge in [-0.15, -0.1) is 6.58 Å². The number of benzene rings is 2. The first-order chi connectivity index (χ1) is 14.8. The lowest BCUT2D eigenvalue weighted by molar-refractivity contribution is -0.893. The molecule has 1 aliphatic rings. The highest BCUT2D eigenvalue weighted by molar-refractivity contribution is 6.26. The zero-order valence-electron chi connectivity index (χ0n) is 19.5. The normalized spacial score (nSPS) is 14.3. The van der Waals surface area contributed by atoms with Crippen LogP contribution in [0.3, 0.4) is 0 Å². The number of methoxy groups -OCH3 is 1. The van der Waals surface area contributed by atoms with Crippen molar-refractivity contribution in [2.45, 2.75) is 12.5 Å². The fourth-order valence-corrected chi connectivity index (χ4v) is 4.16. The van der Waals surface area contributed by atoms with Crippen LogP contribution < -0.4 is 4.74 Å². The van der Waals surface area contributed by atoms with Crippen molar-refractivity contribution in [3.05, 3.63) is 61.5 Å². The summed E-state index contributed by atoms with van der Waals surface area (Å²) >= 11 is 0. The topological polar surface area (TPSA) is 76.1 Å². The molecule has 7 heteroatoms. The number of rotatable bonds is 11. The summed E-state index contributed by atoms with van der Waals surface area (Å²) in [4.78, 5) is 27.5. The second kappa shape index (κ2) is 10.7. The van der Waals surface area contributed by atoms with Crippen LogP contribution in [0.1, 0.15) is 27.1 Å². The van der Waals surface area contributed by atoms with Crippen molar-refractivity contribution in [1.29, 1.82) is 0 Å². The Labute approximate surface area is 190 Å². The van der Waals surface area contributed by atoms with Gasteiger partial charge in [-0.3, -0.25) is 14.5 Å². The summed E-state index contributed by atoms with van der Waals surface area (Å²) in [5.74, 6) is 0.0864. The van der Waals surface area contributed by atoms with E-state index in [4.69, 9.17) is 9.47 Å². The zero-order valence-corrected chi connectivity index (χ0v) is 19.5. The minimum absolute atomic E-state index is 0. The largest absolute Gasteiger partial charge is 0.496 e. The molecule has 1 N–H and O–H groups in total. The van der Waals surface area contributed by atoms with E-state index in [0.717, 1.165) is 5.39 Å². The second-order valence-electron chi connectivity index (χ2n) is 8.48. The van der Waals surface area contributed by atoms with E-state index in [-0.39, 0.29) is 25.8 Å². The first kappa shape index (κ1) is 25.5. The third-order valence-electron chi connectivity index (χ3n) is 5.57. The molecule has 0 fully saturated rings. The number of nitrogens with zero attached hydrogens (tertiary/aromatic N) is 2. The van der Waals surface area contributed by atoms with E-state index in [1.54, 1.807) is 31.4 Å². The van der Waals surface area contributed by atoms with Crippen LogP contribution in [0, 0.1) is 7.43 Å². The van der Waals surface area contributed by atoms with Crippen molar-refractivity contribution in [3.8, 4) is 5.75 Å². The number of imide groups is 1. The summed E-state index contributed by atoms with van der Waals surface area (Å²) in [6.07, 6.45) is 1.69. The molecule has 174 valence electrons. The Balaban J connectivity index is 0.00000363. The van der Waals surface area contributed by atoms with Crippen molar-refractivity contribution in [2.75, 3.05) is 54.1 Å². The number of aliphatic hydroxyl groups is 1. The minimum Gasteiger partial charge on any atom is -0.496 e. The number of likely N-dealkylation sites (N-methyl/N-ethyl adjacent to an activating group) is 1. The summed E-state index contributed by atoms with van der Waals surface area (Å²) in [6.45, 7) is 5.79. The second-order valence-corrected chi connectivity index (χ2v) is 8.48. The number of aliphatic hydroxyl groups excluding tert-OH is 1. The lowest BCUT2D eigenvalue weighted by atomic mass is 9.93. The number of carbonyl (C=O) groups is 2. The van der Waals surface area contributed by atoms with Gasteiger partial charge < -0.3 is 26.5 Å². The van der Waals surface area contributed by atoms with E-state index in [9.17, 15) is 14.7 Å². The van der Waals surface area contributed by atoms with Crippen molar-refractivity contribution in [3.63, 3.8) is 0 Å². The highest BCUT2D eigenvalue weighted by Crippen LogP contribution is 2.35. The smallest absolute Gasteiger partial charge is 0.261 e. The maximum atomic E-state index is 13.1. The summed E-state index contributed by atoms with van der Waals surface area (Å²) in [6, 6.07) is 8.93. The van der Waals surface area contributed by atoms with Crippen LogP contribution in [0.4, 0.5) is 0 Å². The highest BCUT2D eigenvalue weighted by Gasteiger charge is 2.33. The number of amides is 2. The standard InChI is InChI=1S/C24H31N2O5.CH3/c1-5-14-31-16-17(27)15-26(2,3)13-7-12-25-23(28)19-9-6-8-18-21(30-4)11-10-20(22(18)19)24(25)29;/h5-6,8-11,17,27H,1,7,12-16H2,2-4H3;1H3/q+1;-1. The molecule has 1 unspecified atom stereocenters. The van der Waals surface area contributed by atoms with Gasteiger partial charge in [-0.1, -0.05) is 18.2 Å². The van der Waals surface area contributed by atoms with Gasteiger partial charge in [-0.25, -0.2) is 0 Å². The lowest BCUT2D eigenvalue weighted by Gasteiger charge is -2.33. The van der Waals surface area contributed by atoms with Crippen LogP contribution in [0.5, 0.6) is 5.75 Å². The number of carbonyl (C=O) groups excluding carboxylic acids is 2. The van der Waals surface area contributed by atoms with Gasteiger partial charge in [-0.2, -0.15) is 0 Å². The average Bonchev–Trinajstić information content (AvgIpc) is 2.73. The quantitative estimate of drug-likeness (QED) is 0.190. The van der Waals surface area contributed by atoms with E-state index in [1.165, 1.54) is 4.90 Å². The number of hydrogen-bond acceptors (Lipinski definition) is 5. The molecule has 1 heterocycles. The molecule has 0 saturated heterocycles. The first-order valence-corrected chi connectivity index (χ1v) is 10.4. The van der Waals surface area contributed by atoms with Gasteiger partial charge >= 0.3 is 0 Å². The van der Waals surface area contributed by atoms with Crippen LogP contribution in [0.2, 0.25) is 0 Å². The minimum atomic E-state index is -0.590. The molecule has 0 aromatic heterocycles. The van der Waals surface area contributed by atoms with Gasteiger partial charge in [0.05, 0.1) is 41.0 Å². The molecule has 32 heavy (non-hydrogen) atoms. The molecule has 2 amide bonds. The summed E-state index contributed by atoms with van der Waals surface area (Å²) in [5.41, 5.74) is 1.05. The number of ether oxygens (including phenoxy) is 2. The molecule has 2 aromatic carbocycles. The van der Waals surface area contributed by atoms with Crippen LogP contribution in [-0.4, -0.2) is 86.5 Å². The fraction of sp³-hybridized carbons (Fsp3) is 0.400. The van der Waals surface area contributed by atoms with E-state index in [1.807, 2.05) is 26.2 Å². The molecule has 0 spiro atoms. The molecule has 0 saturated carbocycles. The fourth-order valence-electron chi connectivity index (χ4n) is 4.16. The molecule has 7 nitrogen and oxygen atoms in total. The van der Waals surface area contributed by atoms with E-state index in [2.05, 4.69) is 6.58 Å². The Kier molecular flexibility index (Phi) is 8.55. The molecule has 1 atom stereocenters. The summed E-state index contributed by atoms with van der Waals surface area (Å²) in [7, 11) is 5.60. The number of hydrogen-bond donors (Lipinski definition) is 1. The van der Waals surface area contributed by atoms with Crippen molar-refractivity contribution in [2.24, 2.45) is 0 Å². The Bertz CT molecular complexity index is 963. The maximum Gasteiger partial charge on any atom is 0.261 e. The van der Waals surface area contributed by atoms with E-state index < -0.39 is 6.10 Å². The van der Waals surface area contributed by atoms with Gasteiger partial charge in [0.15, 0.2) is 0 Å². The molecular weight excluding hydrogens is 408 g/mol. The summed E-state index contributed by atoms with van der Waals surface area (Å²) in [5, 5.41) is 11.6. The van der Waals surface area contributed by atoms with Gasteiger partial charge in [-0.05, 0) is 18.2 Å². The van der Waals surface area contributed by atoms with Crippen LogP contribution in [0.25, 0.3) is 10.8 Å². The molecule has 0 bridgehead atoms. The highest BCUT2D eigenvalue weighted by atomic mass is 16.5. The Hall–Kier alpha value is -2.74. The summed E-state index contributed by atoms with van der Waals surface area (Å²) < 4.78 is 11.3. The Morgan fingerprint density at radius 3 is 2.50 bits per heavy atom. The van der Waals surface area contributed by atoms with Crippen LogP contribution >= 0.6 is 0 Å². The average molecular weight is 443 g/mol. The molecule has 2 aromatic rings. The molecule has 3 rings (SSSR count). The van der Waals surface area contributed by atoms with Crippen molar-refractivity contribution >= 4 is 22.6 Å².